The van der Waals surface area contributed by atoms with E-state index >= 15 is 0 Å². The lowest BCUT2D eigenvalue weighted by molar-refractivity contribution is 0.0950. The molecule has 92 valence electrons. The summed E-state index contributed by atoms with van der Waals surface area (Å²) in [6, 6.07) is 7.43. The van der Waals surface area contributed by atoms with Crippen molar-refractivity contribution >= 4 is 21.8 Å². The van der Waals surface area contributed by atoms with Crippen molar-refractivity contribution in [2.45, 2.75) is 12.8 Å². The highest BCUT2D eigenvalue weighted by Crippen LogP contribution is 2.10. The molecule has 1 saturated heterocycles. The minimum absolute atomic E-state index is 0.0108. The van der Waals surface area contributed by atoms with Gasteiger partial charge >= 0.3 is 0 Å². The number of carbonyl (C=O) groups excluding carboxylic acids is 1. The van der Waals surface area contributed by atoms with E-state index in [-0.39, 0.29) is 5.91 Å². The predicted octanol–water partition coefficient (Wildman–Crippen LogP) is 2.27. The third-order valence-corrected chi connectivity index (χ3v) is 3.55. The van der Waals surface area contributed by atoms with Crippen LogP contribution in [0.15, 0.2) is 28.7 Å². The predicted molar refractivity (Wildman–Crippen MR) is 72.1 cm³/mol. The molecule has 1 amide bonds. The van der Waals surface area contributed by atoms with E-state index in [1.54, 1.807) is 0 Å². The molecule has 1 fully saturated rings. The smallest absolute Gasteiger partial charge is 0.251 e. The molecule has 2 rings (SSSR count). The van der Waals surface area contributed by atoms with Gasteiger partial charge in [0.15, 0.2) is 0 Å². The normalized spacial score (nSPS) is 16.1. The molecule has 1 aliphatic rings. The van der Waals surface area contributed by atoms with Crippen LogP contribution < -0.4 is 5.32 Å². The summed E-state index contributed by atoms with van der Waals surface area (Å²) >= 11 is 3.35. The van der Waals surface area contributed by atoms with Gasteiger partial charge in [-0.3, -0.25) is 4.79 Å². The maximum absolute atomic E-state index is 11.8. The summed E-state index contributed by atoms with van der Waals surface area (Å²) in [5.74, 6) is 0.0108. The Kier molecular flexibility index (Phi) is 4.57. The largest absolute Gasteiger partial charge is 0.351 e. The quantitative estimate of drug-likeness (QED) is 0.924. The van der Waals surface area contributed by atoms with Crippen molar-refractivity contribution in [3.05, 3.63) is 34.3 Å². The Bertz CT molecular complexity index is 372. The maximum Gasteiger partial charge on any atom is 0.251 e. The number of likely N-dealkylation sites (tertiary alicyclic amines) is 1. The van der Waals surface area contributed by atoms with E-state index in [1.807, 2.05) is 24.3 Å². The fourth-order valence-electron chi connectivity index (χ4n) is 2.04. The van der Waals surface area contributed by atoms with Crippen LogP contribution in [0.1, 0.15) is 23.2 Å². The molecule has 17 heavy (non-hydrogen) atoms. The molecular formula is C13H17BrN2O. The highest BCUT2D eigenvalue weighted by atomic mass is 79.9. The number of amides is 1. The molecule has 1 aromatic rings. The Morgan fingerprint density at radius 3 is 2.53 bits per heavy atom. The molecule has 1 heterocycles. The zero-order chi connectivity index (χ0) is 12.1. The van der Waals surface area contributed by atoms with E-state index < -0.39 is 0 Å². The minimum Gasteiger partial charge on any atom is -0.351 e. The van der Waals surface area contributed by atoms with Gasteiger partial charge in [-0.05, 0) is 50.2 Å². The van der Waals surface area contributed by atoms with Crippen LogP contribution in [0.25, 0.3) is 0 Å². The van der Waals surface area contributed by atoms with Crippen molar-refractivity contribution in [1.29, 1.82) is 0 Å². The van der Waals surface area contributed by atoms with Crippen molar-refractivity contribution in [3.8, 4) is 0 Å². The summed E-state index contributed by atoms with van der Waals surface area (Å²) in [6.07, 6.45) is 2.58. The molecule has 3 nitrogen and oxygen atoms in total. The summed E-state index contributed by atoms with van der Waals surface area (Å²) < 4.78 is 0.992. The summed E-state index contributed by atoms with van der Waals surface area (Å²) in [7, 11) is 0. The minimum atomic E-state index is 0.0108. The second-order valence-corrected chi connectivity index (χ2v) is 5.23. The second-order valence-electron chi connectivity index (χ2n) is 4.31. The fourth-order valence-corrected chi connectivity index (χ4v) is 2.30. The zero-order valence-corrected chi connectivity index (χ0v) is 11.4. The number of hydrogen-bond donors (Lipinski definition) is 1. The number of halogens is 1. The molecule has 0 aromatic heterocycles. The van der Waals surface area contributed by atoms with Gasteiger partial charge in [0.05, 0.1) is 0 Å². The van der Waals surface area contributed by atoms with Crippen LogP contribution in [0, 0.1) is 0 Å². The monoisotopic (exact) mass is 296 g/mol. The summed E-state index contributed by atoms with van der Waals surface area (Å²) in [6.45, 7) is 4.04. The first-order valence-electron chi connectivity index (χ1n) is 6.02. The first-order valence-corrected chi connectivity index (χ1v) is 6.81. The lowest BCUT2D eigenvalue weighted by Gasteiger charge is -2.14. The molecule has 0 unspecified atom stereocenters. The van der Waals surface area contributed by atoms with Crippen molar-refractivity contribution in [1.82, 2.24) is 10.2 Å². The van der Waals surface area contributed by atoms with Gasteiger partial charge in [0.25, 0.3) is 5.91 Å². The molecule has 0 radical (unpaired) electrons. The topological polar surface area (TPSA) is 32.3 Å². The Morgan fingerprint density at radius 1 is 1.24 bits per heavy atom. The van der Waals surface area contributed by atoms with Crippen molar-refractivity contribution in [2.75, 3.05) is 26.2 Å². The van der Waals surface area contributed by atoms with Gasteiger partial charge in [0.2, 0.25) is 0 Å². The maximum atomic E-state index is 11.8. The average molecular weight is 297 g/mol. The van der Waals surface area contributed by atoms with Gasteiger partial charge in [0.1, 0.15) is 0 Å². The molecule has 0 spiro atoms. The Morgan fingerprint density at radius 2 is 1.88 bits per heavy atom. The summed E-state index contributed by atoms with van der Waals surface area (Å²) in [5, 5.41) is 2.95. The van der Waals surface area contributed by atoms with Crippen LogP contribution in [0.5, 0.6) is 0 Å². The van der Waals surface area contributed by atoms with Crippen LogP contribution in [-0.2, 0) is 0 Å². The first-order chi connectivity index (χ1) is 8.25. The van der Waals surface area contributed by atoms with E-state index in [2.05, 4.69) is 26.1 Å². The van der Waals surface area contributed by atoms with Crippen LogP contribution in [0.2, 0.25) is 0 Å². The van der Waals surface area contributed by atoms with Crippen LogP contribution in [0.3, 0.4) is 0 Å². The summed E-state index contributed by atoms with van der Waals surface area (Å²) in [4.78, 5) is 14.2. The van der Waals surface area contributed by atoms with Crippen molar-refractivity contribution in [3.63, 3.8) is 0 Å². The highest BCUT2D eigenvalue weighted by molar-refractivity contribution is 9.10. The van der Waals surface area contributed by atoms with E-state index in [4.69, 9.17) is 0 Å². The number of nitrogens with zero attached hydrogens (tertiary/aromatic N) is 1. The van der Waals surface area contributed by atoms with Gasteiger partial charge in [0, 0.05) is 23.1 Å². The van der Waals surface area contributed by atoms with Gasteiger partial charge in [-0.25, -0.2) is 0 Å². The van der Waals surface area contributed by atoms with E-state index in [0.29, 0.717) is 0 Å². The fraction of sp³-hybridized carbons (Fsp3) is 0.462. The van der Waals surface area contributed by atoms with Crippen LogP contribution in [0.4, 0.5) is 0 Å². The summed E-state index contributed by atoms with van der Waals surface area (Å²) in [5.41, 5.74) is 0.717. The van der Waals surface area contributed by atoms with Crippen molar-refractivity contribution < 1.29 is 4.79 Å². The third-order valence-electron chi connectivity index (χ3n) is 3.02. The van der Waals surface area contributed by atoms with E-state index in [1.165, 1.54) is 25.9 Å². The lowest BCUT2D eigenvalue weighted by Crippen LogP contribution is -2.33. The van der Waals surface area contributed by atoms with Gasteiger partial charge in [-0.2, -0.15) is 0 Å². The number of hydrogen-bond acceptors (Lipinski definition) is 2. The highest BCUT2D eigenvalue weighted by Gasteiger charge is 2.11. The van der Waals surface area contributed by atoms with E-state index in [9.17, 15) is 4.79 Å². The molecule has 1 N–H and O–H groups in total. The van der Waals surface area contributed by atoms with Gasteiger partial charge < -0.3 is 10.2 Å². The average Bonchev–Trinajstić information content (AvgIpc) is 2.83. The molecule has 0 bridgehead atoms. The van der Waals surface area contributed by atoms with Gasteiger partial charge in [-0.15, -0.1) is 0 Å². The number of rotatable bonds is 4. The zero-order valence-electron chi connectivity index (χ0n) is 9.79. The molecule has 0 saturated carbocycles. The molecule has 1 aromatic carbocycles. The Labute approximate surface area is 110 Å². The first kappa shape index (κ1) is 12.6. The van der Waals surface area contributed by atoms with E-state index in [0.717, 1.165) is 23.1 Å². The van der Waals surface area contributed by atoms with Crippen LogP contribution >= 0.6 is 15.9 Å². The van der Waals surface area contributed by atoms with Crippen molar-refractivity contribution in [2.24, 2.45) is 0 Å². The molecule has 4 heteroatoms. The number of carbonyl (C=O) groups is 1. The standard InChI is InChI=1S/C13H17BrN2O/c14-12-5-3-11(4-6-12)13(17)15-7-10-16-8-1-2-9-16/h3-6H,1-2,7-10H2,(H,15,17). The third kappa shape index (κ3) is 3.82. The second kappa shape index (κ2) is 6.17. The molecular weight excluding hydrogens is 280 g/mol. The molecule has 0 aliphatic carbocycles. The Balaban J connectivity index is 1.75. The molecule has 1 aliphatic heterocycles. The Hall–Kier alpha value is -0.870. The number of benzene rings is 1. The lowest BCUT2D eigenvalue weighted by atomic mass is 10.2. The number of nitrogens with one attached hydrogen (secondary N) is 1. The van der Waals surface area contributed by atoms with Crippen LogP contribution in [-0.4, -0.2) is 37.0 Å². The molecule has 0 atom stereocenters. The van der Waals surface area contributed by atoms with Gasteiger partial charge in [-0.1, -0.05) is 15.9 Å². The SMILES string of the molecule is O=C(NCCN1CCCC1)c1ccc(Br)cc1.